The Kier molecular flexibility index (Phi) is 3.74. The van der Waals surface area contributed by atoms with Crippen molar-refractivity contribution in [3.05, 3.63) is 53.8 Å². The van der Waals surface area contributed by atoms with Gasteiger partial charge in [0, 0.05) is 11.5 Å². The molecule has 112 valence electrons. The summed E-state index contributed by atoms with van der Waals surface area (Å²) in [4.78, 5) is 0. The lowest BCUT2D eigenvalue weighted by Crippen LogP contribution is -1.88. The van der Waals surface area contributed by atoms with Crippen LogP contribution >= 0.6 is 0 Å². The summed E-state index contributed by atoms with van der Waals surface area (Å²) in [6.07, 6.45) is 5.41. The molecule has 3 rings (SSSR count). The number of methoxy groups -OCH3 is 2. The van der Waals surface area contributed by atoms with Gasteiger partial charge in [-0.1, -0.05) is 12.2 Å². The van der Waals surface area contributed by atoms with Crippen LogP contribution in [0.4, 0.5) is 0 Å². The van der Waals surface area contributed by atoms with E-state index in [0.717, 1.165) is 28.0 Å². The number of furan rings is 1. The molecule has 0 radical (unpaired) electrons. The van der Waals surface area contributed by atoms with Crippen LogP contribution in [0.1, 0.15) is 11.1 Å². The second-order valence-corrected chi connectivity index (χ2v) is 4.86. The predicted molar refractivity (Wildman–Crippen MR) is 86.4 cm³/mol. The number of rotatable bonds is 4. The number of fused-ring (bicyclic) bond motifs is 1. The summed E-state index contributed by atoms with van der Waals surface area (Å²) in [7, 11) is 3.24. The number of hydrogen-bond acceptors (Lipinski definition) is 4. The second-order valence-electron chi connectivity index (χ2n) is 4.86. The minimum atomic E-state index is 0.130. The summed E-state index contributed by atoms with van der Waals surface area (Å²) < 4.78 is 15.7. The fraction of sp³-hybridized carbons (Fsp3) is 0.111. The average Bonchev–Trinajstić information content (AvgIpc) is 3.01. The highest BCUT2D eigenvalue weighted by Crippen LogP contribution is 2.29. The van der Waals surface area contributed by atoms with Crippen LogP contribution in [0.3, 0.4) is 0 Å². The zero-order chi connectivity index (χ0) is 15.5. The van der Waals surface area contributed by atoms with Crippen molar-refractivity contribution >= 4 is 23.1 Å². The molecule has 0 aliphatic heterocycles. The van der Waals surface area contributed by atoms with Crippen molar-refractivity contribution in [2.45, 2.75) is 0 Å². The topological polar surface area (TPSA) is 51.8 Å². The van der Waals surface area contributed by atoms with E-state index >= 15 is 0 Å². The van der Waals surface area contributed by atoms with Gasteiger partial charge in [0.2, 0.25) is 0 Å². The minimum absolute atomic E-state index is 0.130. The largest absolute Gasteiger partial charge is 0.504 e. The van der Waals surface area contributed by atoms with Gasteiger partial charge in [-0.2, -0.15) is 0 Å². The van der Waals surface area contributed by atoms with Crippen LogP contribution in [0, 0.1) is 0 Å². The maximum absolute atomic E-state index is 9.93. The number of phenols is 1. The Hall–Kier alpha value is -2.88. The Bertz CT molecular complexity index is 808. The Morgan fingerprint density at radius 2 is 1.55 bits per heavy atom. The Balaban J connectivity index is 1.95. The summed E-state index contributed by atoms with van der Waals surface area (Å²) in [6, 6.07) is 11.1. The van der Waals surface area contributed by atoms with Crippen LogP contribution < -0.4 is 9.47 Å². The molecule has 0 saturated heterocycles. The molecule has 2 aromatic carbocycles. The van der Waals surface area contributed by atoms with Gasteiger partial charge < -0.3 is 19.0 Å². The molecule has 1 heterocycles. The fourth-order valence-corrected chi connectivity index (χ4v) is 2.30. The normalized spacial score (nSPS) is 11.2. The smallest absolute Gasteiger partial charge is 0.175 e. The third-order valence-corrected chi connectivity index (χ3v) is 3.40. The van der Waals surface area contributed by atoms with Crippen molar-refractivity contribution in [3.63, 3.8) is 0 Å². The van der Waals surface area contributed by atoms with E-state index in [1.54, 1.807) is 26.5 Å². The van der Waals surface area contributed by atoms with E-state index in [0.29, 0.717) is 5.58 Å². The van der Waals surface area contributed by atoms with Crippen LogP contribution in [0.5, 0.6) is 17.2 Å². The Labute approximate surface area is 128 Å². The molecule has 0 saturated carbocycles. The summed E-state index contributed by atoms with van der Waals surface area (Å²) in [5.41, 5.74) is 2.33. The van der Waals surface area contributed by atoms with E-state index < -0.39 is 0 Å². The molecule has 0 atom stereocenters. The maximum atomic E-state index is 9.93. The molecule has 4 nitrogen and oxygen atoms in total. The van der Waals surface area contributed by atoms with E-state index in [2.05, 4.69) is 0 Å². The first-order valence-electron chi connectivity index (χ1n) is 6.81. The molecule has 0 fully saturated rings. The highest BCUT2D eigenvalue weighted by Gasteiger charge is 2.04. The van der Waals surface area contributed by atoms with Gasteiger partial charge in [-0.3, -0.25) is 0 Å². The molecule has 4 heteroatoms. The Morgan fingerprint density at radius 3 is 2.18 bits per heavy atom. The van der Waals surface area contributed by atoms with Gasteiger partial charge in [0.1, 0.15) is 11.5 Å². The average molecular weight is 296 g/mol. The van der Waals surface area contributed by atoms with E-state index in [1.165, 1.54) is 0 Å². The van der Waals surface area contributed by atoms with E-state index in [4.69, 9.17) is 13.9 Å². The van der Waals surface area contributed by atoms with Crippen molar-refractivity contribution in [1.82, 2.24) is 0 Å². The maximum Gasteiger partial charge on any atom is 0.175 e. The third kappa shape index (κ3) is 2.76. The van der Waals surface area contributed by atoms with Crippen LogP contribution in [-0.2, 0) is 0 Å². The predicted octanol–water partition coefficient (Wildman–Crippen LogP) is 4.33. The first-order chi connectivity index (χ1) is 10.7. The van der Waals surface area contributed by atoms with Gasteiger partial charge in [0.05, 0.1) is 20.5 Å². The molecule has 3 aromatic rings. The number of benzene rings is 2. The second kappa shape index (κ2) is 5.85. The highest BCUT2D eigenvalue weighted by molar-refractivity contribution is 5.87. The SMILES string of the molecule is COc1cc(/C=C\c2cc(O)c3occc3c2)cc(OC)c1. The van der Waals surface area contributed by atoms with Crippen molar-refractivity contribution < 1.29 is 19.0 Å². The standard InChI is InChI=1S/C18H16O4/c1-20-15-8-13(9-16(11-15)21-2)4-3-12-7-14-5-6-22-18(14)17(19)10-12/h3-11,19H,1-2H3/b4-3-. The quantitative estimate of drug-likeness (QED) is 0.728. The highest BCUT2D eigenvalue weighted by atomic mass is 16.5. The summed E-state index contributed by atoms with van der Waals surface area (Å²) >= 11 is 0. The van der Waals surface area contributed by atoms with Crippen molar-refractivity contribution in [2.24, 2.45) is 0 Å². The molecule has 0 spiro atoms. The molecule has 22 heavy (non-hydrogen) atoms. The van der Waals surface area contributed by atoms with Gasteiger partial charge in [-0.05, 0) is 41.5 Å². The molecule has 1 N–H and O–H groups in total. The van der Waals surface area contributed by atoms with Gasteiger partial charge in [-0.25, -0.2) is 0 Å². The van der Waals surface area contributed by atoms with Crippen molar-refractivity contribution in [3.8, 4) is 17.2 Å². The number of aromatic hydroxyl groups is 1. The van der Waals surface area contributed by atoms with E-state index in [1.807, 2.05) is 42.5 Å². The van der Waals surface area contributed by atoms with Crippen molar-refractivity contribution in [1.29, 1.82) is 0 Å². The number of ether oxygens (including phenoxy) is 2. The minimum Gasteiger partial charge on any atom is -0.504 e. The van der Waals surface area contributed by atoms with Crippen LogP contribution in [0.25, 0.3) is 23.1 Å². The zero-order valence-electron chi connectivity index (χ0n) is 12.4. The first-order valence-corrected chi connectivity index (χ1v) is 6.81. The van der Waals surface area contributed by atoms with Crippen LogP contribution in [-0.4, -0.2) is 19.3 Å². The fourth-order valence-electron chi connectivity index (χ4n) is 2.30. The van der Waals surface area contributed by atoms with Crippen LogP contribution in [0.15, 0.2) is 47.1 Å². The number of phenolic OH excluding ortho intramolecular Hbond substituents is 1. The van der Waals surface area contributed by atoms with Gasteiger partial charge in [0.15, 0.2) is 11.3 Å². The van der Waals surface area contributed by atoms with Gasteiger partial charge in [-0.15, -0.1) is 0 Å². The first kappa shape index (κ1) is 14.1. The lowest BCUT2D eigenvalue weighted by Gasteiger charge is -2.05. The molecule has 0 unspecified atom stereocenters. The van der Waals surface area contributed by atoms with Crippen LogP contribution in [0.2, 0.25) is 0 Å². The molecule has 0 aliphatic rings. The lowest BCUT2D eigenvalue weighted by atomic mass is 10.1. The van der Waals surface area contributed by atoms with E-state index in [9.17, 15) is 5.11 Å². The monoisotopic (exact) mass is 296 g/mol. The Morgan fingerprint density at radius 1 is 0.909 bits per heavy atom. The zero-order valence-corrected chi connectivity index (χ0v) is 12.4. The summed E-state index contributed by atoms with van der Waals surface area (Å²) in [6.45, 7) is 0. The van der Waals surface area contributed by atoms with E-state index in [-0.39, 0.29) is 5.75 Å². The molecular weight excluding hydrogens is 280 g/mol. The summed E-state index contributed by atoms with van der Waals surface area (Å²) in [5.74, 6) is 1.59. The number of hydrogen-bond donors (Lipinski definition) is 1. The molecule has 0 aliphatic carbocycles. The molecular formula is C18H16O4. The molecule has 0 amide bonds. The van der Waals surface area contributed by atoms with Crippen molar-refractivity contribution in [2.75, 3.05) is 14.2 Å². The molecule has 1 aromatic heterocycles. The third-order valence-electron chi connectivity index (χ3n) is 3.40. The van der Waals surface area contributed by atoms with Gasteiger partial charge in [0.25, 0.3) is 0 Å². The lowest BCUT2D eigenvalue weighted by molar-refractivity contribution is 0.394. The molecule has 0 bridgehead atoms. The summed E-state index contributed by atoms with van der Waals surface area (Å²) in [5, 5.41) is 10.8. The van der Waals surface area contributed by atoms with Gasteiger partial charge >= 0.3 is 0 Å².